The molecule has 0 aliphatic heterocycles. The number of carboxylic acid groups (broad SMARTS) is 1. The largest absolute Gasteiger partial charge is 0.478 e. The van der Waals surface area contributed by atoms with Gasteiger partial charge >= 0.3 is 5.97 Å². The highest BCUT2D eigenvalue weighted by molar-refractivity contribution is 6.31. The molecule has 3 N–H and O–H groups in total. The Balaban J connectivity index is 0.00000300. The summed E-state index contributed by atoms with van der Waals surface area (Å²) in [5.74, 6) is -1.40. The van der Waals surface area contributed by atoms with E-state index in [4.69, 9.17) is 28.3 Å². The smallest absolute Gasteiger partial charge is 0.335 e. The number of nitrogens with one attached hydrogen (secondary N) is 2. The Hall–Kier alpha value is -3.02. The van der Waals surface area contributed by atoms with Crippen LogP contribution in [0.25, 0.3) is 0 Å². The van der Waals surface area contributed by atoms with Gasteiger partial charge in [0.15, 0.2) is 0 Å². The Kier molecular flexibility index (Phi) is 6.19. The average Bonchev–Trinajstić information content (AvgIpc) is 2.68. The quantitative estimate of drug-likeness (QED) is 0.474. The van der Waals surface area contributed by atoms with Gasteiger partial charge in [-0.05, 0) is 54.1 Å². The number of carbonyl (C=O) groups excluding carboxylic acids is 1. The molecule has 3 aromatic rings. The van der Waals surface area contributed by atoms with E-state index >= 15 is 0 Å². The zero-order valence-corrected chi connectivity index (χ0v) is 16.1. The fourth-order valence-corrected chi connectivity index (χ4v) is 2.96. The third-order valence-electron chi connectivity index (χ3n) is 4.04. The maximum atomic E-state index is 12.7. The third kappa shape index (κ3) is 4.82. The van der Waals surface area contributed by atoms with Crippen molar-refractivity contribution in [1.82, 2.24) is 0 Å². The molecule has 0 saturated heterocycles. The minimum absolute atomic E-state index is 0. The Morgan fingerprint density at radius 3 is 2.36 bits per heavy atom. The Bertz CT molecular complexity index is 1030. The van der Waals surface area contributed by atoms with Gasteiger partial charge in [0.2, 0.25) is 0 Å². The van der Waals surface area contributed by atoms with Gasteiger partial charge in [-0.15, -0.1) is 0 Å². The molecular formula is C21H18Cl2N2O3. The standard InChI is InChI=1S/C21H16Cl2N2O3.H2/c22-15-7-10-19(24-12-14-3-1-2-4-18(14)23)17(11-15)20(26)25-16-8-5-13(6-9-16)21(27)28;/h1-11,24H,12H2,(H,25,26)(H,27,28);1H. The molecule has 28 heavy (non-hydrogen) atoms. The summed E-state index contributed by atoms with van der Waals surface area (Å²) >= 11 is 12.2. The summed E-state index contributed by atoms with van der Waals surface area (Å²) in [4.78, 5) is 23.7. The number of anilines is 2. The molecule has 0 heterocycles. The number of halogens is 2. The second kappa shape index (κ2) is 8.78. The van der Waals surface area contributed by atoms with Crippen LogP contribution < -0.4 is 10.6 Å². The lowest BCUT2D eigenvalue weighted by Gasteiger charge is -2.14. The molecular weight excluding hydrogens is 399 g/mol. The second-order valence-electron chi connectivity index (χ2n) is 5.97. The van der Waals surface area contributed by atoms with Gasteiger partial charge in [0.25, 0.3) is 5.91 Å². The van der Waals surface area contributed by atoms with Gasteiger partial charge in [-0.1, -0.05) is 41.4 Å². The lowest BCUT2D eigenvalue weighted by molar-refractivity contribution is 0.0696. The Morgan fingerprint density at radius 2 is 1.68 bits per heavy atom. The monoisotopic (exact) mass is 416 g/mol. The van der Waals surface area contributed by atoms with Crippen LogP contribution in [0.4, 0.5) is 11.4 Å². The number of hydrogen-bond acceptors (Lipinski definition) is 3. The molecule has 7 heteroatoms. The molecule has 0 radical (unpaired) electrons. The van der Waals surface area contributed by atoms with Gasteiger partial charge in [0.1, 0.15) is 0 Å². The van der Waals surface area contributed by atoms with Crippen molar-refractivity contribution in [2.45, 2.75) is 6.54 Å². The van der Waals surface area contributed by atoms with Crippen molar-refractivity contribution < 1.29 is 16.1 Å². The molecule has 0 bridgehead atoms. The summed E-state index contributed by atoms with van der Waals surface area (Å²) in [5, 5.41) is 16.0. The summed E-state index contributed by atoms with van der Waals surface area (Å²) in [7, 11) is 0. The molecule has 0 unspecified atom stereocenters. The van der Waals surface area contributed by atoms with E-state index in [1.165, 1.54) is 24.3 Å². The van der Waals surface area contributed by atoms with E-state index in [9.17, 15) is 9.59 Å². The normalized spacial score (nSPS) is 10.4. The first-order valence-corrected chi connectivity index (χ1v) is 9.11. The maximum Gasteiger partial charge on any atom is 0.335 e. The van der Waals surface area contributed by atoms with Gasteiger partial charge in [-0.3, -0.25) is 4.79 Å². The van der Waals surface area contributed by atoms with Crippen LogP contribution in [0.2, 0.25) is 10.0 Å². The van der Waals surface area contributed by atoms with Crippen LogP contribution in [0.1, 0.15) is 27.7 Å². The lowest BCUT2D eigenvalue weighted by atomic mass is 10.1. The molecule has 0 atom stereocenters. The number of rotatable bonds is 6. The molecule has 0 fully saturated rings. The molecule has 0 aromatic heterocycles. The average molecular weight is 417 g/mol. The molecule has 0 saturated carbocycles. The Morgan fingerprint density at radius 1 is 0.964 bits per heavy atom. The van der Waals surface area contributed by atoms with Crippen molar-refractivity contribution in [3.63, 3.8) is 0 Å². The first kappa shape index (κ1) is 19.7. The van der Waals surface area contributed by atoms with Crippen LogP contribution in [0.5, 0.6) is 0 Å². The Labute approximate surface area is 173 Å². The van der Waals surface area contributed by atoms with Gasteiger partial charge in [0.05, 0.1) is 11.1 Å². The van der Waals surface area contributed by atoms with E-state index in [0.29, 0.717) is 33.5 Å². The molecule has 0 aliphatic carbocycles. The molecule has 144 valence electrons. The number of hydrogen-bond donors (Lipinski definition) is 3. The summed E-state index contributed by atoms with van der Waals surface area (Å²) < 4.78 is 0. The van der Waals surface area contributed by atoms with Gasteiger partial charge in [0, 0.05) is 29.4 Å². The summed E-state index contributed by atoms with van der Waals surface area (Å²) in [6.45, 7) is 0.439. The van der Waals surface area contributed by atoms with Crippen LogP contribution in [0.15, 0.2) is 66.7 Å². The maximum absolute atomic E-state index is 12.7. The minimum atomic E-state index is -1.03. The van der Waals surface area contributed by atoms with E-state index in [-0.39, 0.29) is 12.9 Å². The predicted molar refractivity (Wildman–Crippen MR) is 114 cm³/mol. The molecule has 3 rings (SSSR count). The van der Waals surface area contributed by atoms with E-state index in [1.54, 1.807) is 24.3 Å². The van der Waals surface area contributed by atoms with Crippen molar-refractivity contribution in [2.75, 3.05) is 10.6 Å². The van der Waals surface area contributed by atoms with Crippen molar-refractivity contribution in [3.05, 3.63) is 93.5 Å². The summed E-state index contributed by atoms with van der Waals surface area (Å²) in [5.41, 5.74) is 2.48. The zero-order chi connectivity index (χ0) is 20.1. The van der Waals surface area contributed by atoms with Crippen LogP contribution in [0.3, 0.4) is 0 Å². The number of amides is 1. The van der Waals surface area contributed by atoms with Gasteiger partial charge < -0.3 is 15.7 Å². The summed E-state index contributed by atoms with van der Waals surface area (Å²) in [6.07, 6.45) is 0. The van der Waals surface area contributed by atoms with Gasteiger partial charge in [-0.2, -0.15) is 0 Å². The van der Waals surface area contributed by atoms with Crippen LogP contribution >= 0.6 is 23.2 Å². The van der Waals surface area contributed by atoms with Crippen molar-refractivity contribution in [1.29, 1.82) is 0 Å². The van der Waals surface area contributed by atoms with Crippen molar-refractivity contribution >= 4 is 46.5 Å². The number of carboxylic acids is 1. The highest BCUT2D eigenvalue weighted by Crippen LogP contribution is 2.24. The van der Waals surface area contributed by atoms with Gasteiger partial charge in [-0.25, -0.2) is 4.79 Å². The first-order chi connectivity index (χ1) is 13.4. The fraction of sp³-hybridized carbons (Fsp3) is 0.0476. The van der Waals surface area contributed by atoms with Crippen LogP contribution in [0, 0.1) is 0 Å². The molecule has 0 spiro atoms. The number of aromatic carboxylic acids is 1. The van der Waals surface area contributed by atoms with Crippen molar-refractivity contribution in [3.8, 4) is 0 Å². The predicted octanol–water partition coefficient (Wildman–Crippen LogP) is 5.80. The fourth-order valence-electron chi connectivity index (χ4n) is 2.59. The third-order valence-corrected chi connectivity index (χ3v) is 4.65. The minimum Gasteiger partial charge on any atom is -0.478 e. The van der Waals surface area contributed by atoms with Crippen LogP contribution in [-0.4, -0.2) is 17.0 Å². The molecule has 0 aliphatic rings. The lowest BCUT2D eigenvalue weighted by Crippen LogP contribution is -2.15. The number of benzene rings is 3. The highest BCUT2D eigenvalue weighted by atomic mass is 35.5. The van der Waals surface area contributed by atoms with Crippen LogP contribution in [-0.2, 0) is 6.54 Å². The highest BCUT2D eigenvalue weighted by Gasteiger charge is 2.13. The molecule has 5 nitrogen and oxygen atoms in total. The molecule has 3 aromatic carbocycles. The summed E-state index contributed by atoms with van der Waals surface area (Å²) in [6, 6.07) is 18.3. The second-order valence-corrected chi connectivity index (χ2v) is 6.82. The first-order valence-electron chi connectivity index (χ1n) is 8.35. The van der Waals surface area contributed by atoms with E-state index in [2.05, 4.69) is 10.6 Å². The zero-order valence-electron chi connectivity index (χ0n) is 14.6. The number of carbonyl (C=O) groups is 2. The topological polar surface area (TPSA) is 78.4 Å². The van der Waals surface area contributed by atoms with Crippen molar-refractivity contribution in [2.24, 2.45) is 0 Å². The van der Waals surface area contributed by atoms with E-state index in [1.807, 2.05) is 18.2 Å². The SMILES string of the molecule is O=C(O)c1ccc(NC(=O)c2cc(Cl)ccc2NCc2ccccc2Cl)cc1.[HH]. The van der Waals surface area contributed by atoms with E-state index in [0.717, 1.165) is 5.56 Å². The molecule has 1 amide bonds. The van der Waals surface area contributed by atoms with E-state index < -0.39 is 5.97 Å².